The van der Waals surface area contributed by atoms with E-state index in [-0.39, 0.29) is 12.1 Å². The molecule has 108 valence electrons. The van der Waals surface area contributed by atoms with Gasteiger partial charge >= 0.3 is 0 Å². The van der Waals surface area contributed by atoms with E-state index >= 15 is 0 Å². The van der Waals surface area contributed by atoms with E-state index in [2.05, 4.69) is 43.1 Å². The number of likely N-dealkylation sites (N-methyl/N-ethyl adjacent to an activating group) is 3. The normalized spacial score (nSPS) is 25.3. The second-order valence-corrected chi connectivity index (χ2v) is 6.04. The molecule has 0 saturated carbocycles. The van der Waals surface area contributed by atoms with Gasteiger partial charge in [0.1, 0.15) is 0 Å². The highest BCUT2D eigenvalue weighted by Gasteiger charge is 2.25. The maximum atomic E-state index is 9.49. The first-order valence-corrected chi connectivity index (χ1v) is 7.25. The van der Waals surface area contributed by atoms with Crippen LogP contribution in [-0.4, -0.2) is 73.4 Å². The third kappa shape index (κ3) is 4.84. The lowest BCUT2D eigenvalue weighted by Gasteiger charge is -2.38. The van der Waals surface area contributed by atoms with Crippen molar-refractivity contribution in [1.82, 2.24) is 15.1 Å². The Balaban J connectivity index is 2.37. The molecule has 0 amide bonds. The molecule has 0 aromatic carbocycles. The lowest BCUT2D eigenvalue weighted by molar-refractivity contribution is 0.108. The highest BCUT2D eigenvalue weighted by atomic mass is 16.3. The molecule has 0 aromatic heterocycles. The summed E-state index contributed by atoms with van der Waals surface area (Å²) in [4.78, 5) is 4.88. The van der Waals surface area contributed by atoms with Crippen LogP contribution < -0.4 is 5.32 Å². The van der Waals surface area contributed by atoms with Crippen LogP contribution in [0.4, 0.5) is 0 Å². The van der Waals surface area contributed by atoms with Crippen molar-refractivity contribution in [3.8, 4) is 0 Å². The molecule has 4 nitrogen and oxygen atoms in total. The topological polar surface area (TPSA) is 38.7 Å². The Morgan fingerprint density at radius 3 is 2.78 bits per heavy atom. The van der Waals surface area contributed by atoms with Crippen molar-refractivity contribution in [2.24, 2.45) is 0 Å². The Labute approximate surface area is 112 Å². The zero-order valence-electron chi connectivity index (χ0n) is 12.6. The van der Waals surface area contributed by atoms with Crippen LogP contribution in [0.15, 0.2) is 0 Å². The molecular weight excluding hydrogens is 226 g/mol. The van der Waals surface area contributed by atoms with Crippen molar-refractivity contribution < 1.29 is 5.11 Å². The molecule has 1 aliphatic rings. The Morgan fingerprint density at radius 1 is 1.50 bits per heavy atom. The maximum absolute atomic E-state index is 9.49. The third-order valence-corrected chi connectivity index (χ3v) is 4.19. The Morgan fingerprint density at radius 2 is 2.22 bits per heavy atom. The predicted octanol–water partition coefficient (Wildman–Crippen LogP) is 0.763. The van der Waals surface area contributed by atoms with Crippen molar-refractivity contribution in [3.05, 3.63) is 0 Å². The molecular formula is C14H31N3O. The maximum Gasteiger partial charge on any atom is 0.0611 e. The van der Waals surface area contributed by atoms with Gasteiger partial charge < -0.3 is 20.2 Å². The molecule has 0 aliphatic carbocycles. The van der Waals surface area contributed by atoms with Crippen molar-refractivity contribution >= 4 is 0 Å². The number of rotatable bonds is 7. The largest absolute Gasteiger partial charge is 0.394 e. The van der Waals surface area contributed by atoms with E-state index in [1.54, 1.807) is 0 Å². The van der Waals surface area contributed by atoms with E-state index in [1.165, 1.54) is 25.9 Å². The van der Waals surface area contributed by atoms with Gasteiger partial charge in [-0.1, -0.05) is 6.92 Å². The molecule has 0 aromatic rings. The van der Waals surface area contributed by atoms with Crippen molar-refractivity contribution in [1.29, 1.82) is 0 Å². The number of nitrogens with one attached hydrogen (secondary N) is 1. The minimum atomic E-state index is -0.135. The minimum Gasteiger partial charge on any atom is -0.394 e. The van der Waals surface area contributed by atoms with Gasteiger partial charge in [-0.25, -0.2) is 0 Å². The van der Waals surface area contributed by atoms with Gasteiger partial charge in [0.15, 0.2) is 0 Å². The second kappa shape index (κ2) is 7.43. The molecule has 1 aliphatic heterocycles. The van der Waals surface area contributed by atoms with Gasteiger partial charge in [0.05, 0.1) is 6.61 Å². The molecule has 2 N–H and O–H groups in total. The number of nitrogens with zero attached hydrogens (tertiary/aromatic N) is 2. The summed E-state index contributed by atoms with van der Waals surface area (Å²) in [7, 11) is 4.42. The fourth-order valence-corrected chi connectivity index (χ4v) is 2.75. The summed E-state index contributed by atoms with van der Waals surface area (Å²) in [5.41, 5.74) is -0.135. The quantitative estimate of drug-likeness (QED) is 0.706. The summed E-state index contributed by atoms with van der Waals surface area (Å²) in [6, 6.07) is 0.674. The molecule has 0 bridgehead atoms. The van der Waals surface area contributed by atoms with E-state index in [9.17, 15) is 5.11 Å². The molecule has 2 atom stereocenters. The Hall–Kier alpha value is -0.160. The minimum absolute atomic E-state index is 0.135. The molecule has 4 heteroatoms. The number of piperidine rings is 1. The fourth-order valence-electron chi connectivity index (χ4n) is 2.75. The molecule has 1 rings (SSSR count). The predicted molar refractivity (Wildman–Crippen MR) is 76.9 cm³/mol. The standard InChI is InChI=1S/C14H31N3O/c1-5-15-14(2,12-18)8-10-17(4)13-7-6-9-16(3)11-13/h13,15,18H,5-12H2,1-4H3. The summed E-state index contributed by atoms with van der Waals surface area (Å²) in [6.45, 7) is 8.77. The van der Waals surface area contributed by atoms with Gasteiger partial charge in [-0.05, 0) is 53.4 Å². The molecule has 1 saturated heterocycles. The smallest absolute Gasteiger partial charge is 0.0611 e. The van der Waals surface area contributed by atoms with Crippen LogP contribution in [0.3, 0.4) is 0 Å². The van der Waals surface area contributed by atoms with Crippen LogP contribution in [0.2, 0.25) is 0 Å². The van der Waals surface area contributed by atoms with E-state index in [1.807, 2.05) is 0 Å². The van der Waals surface area contributed by atoms with Crippen molar-refractivity contribution in [2.45, 2.75) is 44.7 Å². The van der Waals surface area contributed by atoms with Crippen molar-refractivity contribution in [2.75, 3.05) is 46.9 Å². The number of aliphatic hydroxyl groups is 1. The average Bonchev–Trinajstić information content (AvgIpc) is 2.36. The first-order chi connectivity index (χ1) is 8.50. The van der Waals surface area contributed by atoms with Crippen LogP contribution in [0.5, 0.6) is 0 Å². The van der Waals surface area contributed by atoms with Gasteiger partial charge in [0, 0.05) is 24.7 Å². The van der Waals surface area contributed by atoms with Crippen LogP contribution in [0.1, 0.15) is 33.1 Å². The van der Waals surface area contributed by atoms with Crippen molar-refractivity contribution in [3.63, 3.8) is 0 Å². The monoisotopic (exact) mass is 257 g/mol. The van der Waals surface area contributed by atoms with E-state index in [0.717, 1.165) is 19.5 Å². The highest BCUT2D eigenvalue weighted by molar-refractivity contribution is 4.85. The van der Waals surface area contributed by atoms with Gasteiger partial charge in [0.25, 0.3) is 0 Å². The van der Waals surface area contributed by atoms with Crippen LogP contribution in [0, 0.1) is 0 Å². The van der Waals surface area contributed by atoms with Gasteiger partial charge in [-0.3, -0.25) is 0 Å². The first-order valence-electron chi connectivity index (χ1n) is 7.25. The Bertz CT molecular complexity index is 237. The molecule has 0 radical (unpaired) electrons. The van der Waals surface area contributed by atoms with Crippen LogP contribution in [-0.2, 0) is 0 Å². The second-order valence-electron chi connectivity index (χ2n) is 6.04. The summed E-state index contributed by atoms with van der Waals surface area (Å²) < 4.78 is 0. The fraction of sp³-hybridized carbons (Fsp3) is 1.00. The molecule has 18 heavy (non-hydrogen) atoms. The van der Waals surface area contributed by atoms with E-state index < -0.39 is 0 Å². The third-order valence-electron chi connectivity index (χ3n) is 4.19. The molecule has 0 spiro atoms. The van der Waals surface area contributed by atoms with Gasteiger partial charge in [-0.15, -0.1) is 0 Å². The average molecular weight is 257 g/mol. The summed E-state index contributed by atoms with van der Waals surface area (Å²) in [6.07, 6.45) is 3.60. The molecule has 1 heterocycles. The lowest BCUT2D eigenvalue weighted by Crippen LogP contribution is -2.50. The van der Waals surface area contributed by atoms with E-state index in [4.69, 9.17) is 0 Å². The summed E-state index contributed by atoms with van der Waals surface area (Å²) >= 11 is 0. The van der Waals surface area contributed by atoms with Gasteiger partial charge in [0.2, 0.25) is 0 Å². The zero-order chi connectivity index (χ0) is 13.6. The van der Waals surface area contributed by atoms with E-state index in [0.29, 0.717) is 6.04 Å². The van der Waals surface area contributed by atoms with Gasteiger partial charge in [-0.2, -0.15) is 0 Å². The lowest BCUT2D eigenvalue weighted by atomic mass is 9.97. The number of likely N-dealkylation sites (tertiary alicyclic amines) is 1. The first kappa shape index (κ1) is 15.9. The van der Waals surface area contributed by atoms with Crippen LogP contribution >= 0.6 is 0 Å². The number of aliphatic hydroxyl groups excluding tert-OH is 1. The summed E-state index contributed by atoms with van der Waals surface area (Å²) in [5.74, 6) is 0. The van der Waals surface area contributed by atoms with Crippen LogP contribution in [0.25, 0.3) is 0 Å². The highest BCUT2D eigenvalue weighted by Crippen LogP contribution is 2.16. The Kier molecular flexibility index (Phi) is 6.57. The number of hydrogen-bond acceptors (Lipinski definition) is 4. The zero-order valence-corrected chi connectivity index (χ0v) is 12.6. The molecule has 1 fully saturated rings. The summed E-state index contributed by atoms with van der Waals surface area (Å²) in [5, 5.41) is 12.9. The SMILES string of the molecule is CCNC(C)(CO)CCN(C)C1CCCN(C)C1. The molecule has 2 unspecified atom stereocenters. The number of hydrogen-bond donors (Lipinski definition) is 2.